The lowest BCUT2D eigenvalue weighted by atomic mass is 9.99. The first-order valence-electron chi connectivity index (χ1n) is 5.90. The van der Waals surface area contributed by atoms with Crippen molar-refractivity contribution in [3.05, 3.63) is 35.4 Å². The molecule has 1 rings (SSSR count). The molecule has 0 radical (unpaired) electrons. The van der Waals surface area contributed by atoms with Gasteiger partial charge in [-0.15, -0.1) is 0 Å². The van der Waals surface area contributed by atoms with Gasteiger partial charge in [-0.1, -0.05) is 36.8 Å². The van der Waals surface area contributed by atoms with Crippen molar-refractivity contribution in [2.75, 3.05) is 6.54 Å². The second-order valence-corrected chi connectivity index (χ2v) is 4.16. The number of amides is 1. The van der Waals surface area contributed by atoms with Gasteiger partial charge in [0.1, 0.15) is 5.92 Å². The zero-order valence-electron chi connectivity index (χ0n) is 10.4. The zero-order valence-corrected chi connectivity index (χ0v) is 10.4. The molecule has 1 N–H and O–H groups in total. The standard InChI is InChI=1S/C14H18N2O/c1-3-8-16-14(17)13(10-15)9-12-6-4-11(2)5-7-12/h4-7,13H,3,8-9H2,1-2H3,(H,16,17). The Kier molecular flexibility index (Phi) is 5.22. The maximum atomic E-state index is 11.7. The molecule has 0 saturated carbocycles. The van der Waals surface area contributed by atoms with Crippen molar-refractivity contribution in [1.29, 1.82) is 5.26 Å². The summed E-state index contributed by atoms with van der Waals surface area (Å²) < 4.78 is 0. The number of nitriles is 1. The Hall–Kier alpha value is -1.82. The quantitative estimate of drug-likeness (QED) is 0.843. The third kappa shape index (κ3) is 4.28. The number of benzene rings is 1. The Balaban J connectivity index is 2.61. The van der Waals surface area contributed by atoms with Crippen LogP contribution in [0.5, 0.6) is 0 Å². The average molecular weight is 230 g/mol. The zero-order chi connectivity index (χ0) is 12.7. The Morgan fingerprint density at radius 3 is 2.59 bits per heavy atom. The predicted molar refractivity (Wildman–Crippen MR) is 67.3 cm³/mol. The number of hydrogen-bond acceptors (Lipinski definition) is 2. The minimum absolute atomic E-state index is 0.171. The molecule has 0 bridgehead atoms. The summed E-state index contributed by atoms with van der Waals surface area (Å²) in [5.74, 6) is -0.765. The van der Waals surface area contributed by atoms with Gasteiger partial charge in [-0.3, -0.25) is 4.79 Å². The van der Waals surface area contributed by atoms with Gasteiger partial charge in [0.25, 0.3) is 0 Å². The van der Waals surface area contributed by atoms with Crippen molar-refractivity contribution >= 4 is 5.91 Å². The van der Waals surface area contributed by atoms with Crippen LogP contribution in [0.25, 0.3) is 0 Å². The fourth-order valence-electron chi connectivity index (χ4n) is 1.53. The van der Waals surface area contributed by atoms with Gasteiger partial charge in [0.2, 0.25) is 5.91 Å². The van der Waals surface area contributed by atoms with E-state index in [0.29, 0.717) is 13.0 Å². The molecule has 0 heterocycles. The Bertz CT molecular complexity index is 403. The summed E-state index contributed by atoms with van der Waals surface area (Å²) in [7, 11) is 0. The fourth-order valence-corrected chi connectivity index (χ4v) is 1.53. The number of aryl methyl sites for hydroxylation is 1. The fraction of sp³-hybridized carbons (Fsp3) is 0.429. The van der Waals surface area contributed by atoms with Gasteiger partial charge < -0.3 is 5.32 Å². The van der Waals surface area contributed by atoms with Crippen molar-refractivity contribution in [3.63, 3.8) is 0 Å². The van der Waals surface area contributed by atoms with Gasteiger partial charge in [-0.05, 0) is 25.3 Å². The molecule has 3 heteroatoms. The van der Waals surface area contributed by atoms with Crippen LogP contribution in [0.4, 0.5) is 0 Å². The highest BCUT2D eigenvalue weighted by Crippen LogP contribution is 2.10. The van der Waals surface area contributed by atoms with Gasteiger partial charge >= 0.3 is 0 Å². The Morgan fingerprint density at radius 1 is 1.41 bits per heavy atom. The van der Waals surface area contributed by atoms with E-state index in [1.807, 2.05) is 38.1 Å². The van der Waals surface area contributed by atoms with Gasteiger partial charge in [0.15, 0.2) is 0 Å². The molecule has 0 aliphatic carbocycles. The SMILES string of the molecule is CCCNC(=O)C(C#N)Cc1ccc(C)cc1. The minimum atomic E-state index is -0.593. The van der Waals surface area contributed by atoms with Crippen LogP contribution in [0.2, 0.25) is 0 Å². The molecular weight excluding hydrogens is 212 g/mol. The summed E-state index contributed by atoms with van der Waals surface area (Å²) in [6.45, 7) is 4.63. The normalized spacial score (nSPS) is 11.6. The van der Waals surface area contributed by atoms with Crippen LogP contribution in [-0.4, -0.2) is 12.5 Å². The van der Waals surface area contributed by atoms with E-state index in [-0.39, 0.29) is 5.91 Å². The lowest BCUT2D eigenvalue weighted by Gasteiger charge is -2.09. The Labute approximate surface area is 102 Å². The number of nitrogens with one attached hydrogen (secondary N) is 1. The van der Waals surface area contributed by atoms with Crippen LogP contribution in [-0.2, 0) is 11.2 Å². The third-order valence-corrected chi connectivity index (χ3v) is 2.58. The highest BCUT2D eigenvalue weighted by atomic mass is 16.1. The smallest absolute Gasteiger partial charge is 0.237 e. The highest BCUT2D eigenvalue weighted by molar-refractivity contribution is 5.81. The van der Waals surface area contributed by atoms with E-state index in [0.717, 1.165) is 12.0 Å². The first-order chi connectivity index (χ1) is 8.17. The third-order valence-electron chi connectivity index (χ3n) is 2.58. The molecule has 0 saturated heterocycles. The van der Waals surface area contributed by atoms with E-state index in [1.165, 1.54) is 5.56 Å². The molecule has 0 spiro atoms. The van der Waals surface area contributed by atoms with Crippen LogP contribution < -0.4 is 5.32 Å². The summed E-state index contributed by atoms with van der Waals surface area (Å²) in [5, 5.41) is 11.8. The van der Waals surface area contributed by atoms with E-state index in [2.05, 4.69) is 11.4 Å². The molecule has 3 nitrogen and oxygen atoms in total. The van der Waals surface area contributed by atoms with E-state index in [1.54, 1.807) is 0 Å². The van der Waals surface area contributed by atoms with Crippen LogP contribution in [0, 0.1) is 24.2 Å². The Morgan fingerprint density at radius 2 is 2.06 bits per heavy atom. The van der Waals surface area contributed by atoms with E-state index in [9.17, 15) is 4.79 Å². The predicted octanol–water partition coefficient (Wildman–Crippen LogP) is 2.20. The molecule has 0 aromatic heterocycles. The monoisotopic (exact) mass is 230 g/mol. The van der Waals surface area contributed by atoms with Crippen LogP contribution in [0.3, 0.4) is 0 Å². The molecular formula is C14H18N2O. The summed E-state index contributed by atoms with van der Waals surface area (Å²) in [4.78, 5) is 11.7. The lowest BCUT2D eigenvalue weighted by molar-refractivity contribution is -0.123. The molecule has 1 aromatic rings. The number of hydrogen-bond donors (Lipinski definition) is 1. The van der Waals surface area contributed by atoms with E-state index < -0.39 is 5.92 Å². The number of carbonyl (C=O) groups is 1. The largest absolute Gasteiger partial charge is 0.355 e. The lowest BCUT2D eigenvalue weighted by Crippen LogP contribution is -2.31. The number of nitrogens with zero attached hydrogens (tertiary/aromatic N) is 1. The van der Waals surface area contributed by atoms with Gasteiger partial charge in [-0.2, -0.15) is 5.26 Å². The van der Waals surface area contributed by atoms with Crippen LogP contribution >= 0.6 is 0 Å². The molecule has 1 atom stereocenters. The number of carbonyl (C=O) groups excluding carboxylic acids is 1. The summed E-state index contributed by atoms with van der Waals surface area (Å²) in [5.41, 5.74) is 2.20. The van der Waals surface area contributed by atoms with Crippen molar-refractivity contribution in [1.82, 2.24) is 5.32 Å². The first kappa shape index (κ1) is 13.2. The maximum absolute atomic E-state index is 11.7. The second kappa shape index (κ2) is 6.70. The number of rotatable bonds is 5. The topological polar surface area (TPSA) is 52.9 Å². The molecule has 0 fully saturated rings. The molecule has 0 aliphatic rings. The first-order valence-corrected chi connectivity index (χ1v) is 5.90. The van der Waals surface area contributed by atoms with Gasteiger partial charge in [0, 0.05) is 6.54 Å². The minimum Gasteiger partial charge on any atom is -0.355 e. The molecule has 17 heavy (non-hydrogen) atoms. The molecule has 1 amide bonds. The van der Waals surface area contributed by atoms with Crippen molar-refractivity contribution < 1.29 is 4.79 Å². The van der Waals surface area contributed by atoms with Crippen LogP contribution in [0.15, 0.2) is 24.3 Å². The van der Waals surface area contributed by atoms with Gasteiger partial charge in [0.05, 0.1) is 6.07 Å². The van der Waals surface area contributed by atoms with Crippen molar-refractivity contribution in [3.8, 4) is 6.07 Å². The summed E-state index contributed by atoms with van der Waals surface area (Å²) >= 11 is 0. The summed E-state index contributed by atoms with van der Waals surface area (Å²) in [6, 6.07) is 9.98. The van der Waals surface area contributed by atoms with E-state index >= 15 is 0 Å². The van der Waals surface area contributed by atoms with Gasteiger partial charge in [-0.25, -0.2) is 0 Å². The van der Waals surface area contributed by atoms with Crippen molar-refractivity contribution in [2.24, 2.45) is 5.92 Å². The summed E-state index contributed by atoms with van der Waals surface area (Å²) in [6.07, 6.45) is 1.36. The molecule has 1 unspecified atom stereocenters. The average Bonchev–Trinajstić information content (AvgIpc) is 2.35. The maximum Gasteiger partial charge on any atom is 0.237 e. The highest BCUT2D eigenvalue weighted by Gasteiger charge is 2.17. The van der Waals surface area contributed by atoms with E-state index in [4.69, 9.17) is 5.26 Å². The van der Waals surface area contributed by atoms with Crippen LogP contribution in [0.1, 0.15) is 24.5 Å². The molecule has 1 aromatic carbocycles. The van der Waals surface area contributed by atoms with Crippen molar-refractivity contribution in [2.45, 2.75) is 26.7 Å². The molecule has 0 aliphatic heterocycles. The second-order valence-electron chi connectivity index (χ2n) is 4.16. The molecule has 90 valence electrons.